The monoisotopic (exact) mass is 398 g/mol. The van der Waals surface area contributed by atoms with Gasteiger partial charge in [0.2, 0.25) is 5.91 Å². The van der Waals surface area contributed by atoms with Crippen LogP contribution in [-0.4, -0.2) is 27.1 Å². The van der Waals surface area contributed by atoms with E-state index in [1.807, 2.05) is 53.1 Å². The summed E-state index contributed by atoms with van der Waals surface area (Å²) in [7, 11) is 1.74. The summed E-state index contributed by atoms with van der Waals surface area (Å²) in [5, 5.41) is 0. The van der Waals surface area contributed by atoms with Crippen molar-refractivity contribution >= 4 is 22.6 Å². The van der Waals surface area contributed by atoms with E-state index in [2.05, 4.69) is 11.1 Å². The molecule has 30 heavy (non-hydrogen) atoms. The van der Waals surface area contributed by atoms with E-state index >= 15 is 0 Å². The summed E-state index contributed by atoms with van der Waals surface area (Å²) in [5.74, 6) is -0.127. The number of carbonyl (C=O) groups is 1. The van der Waals surface area contributed by atoms with E-state index in [0.29, 0.717) is 6.54 Å². The second-order valence-electron chi connectivity index (χ2n) is 7.65. The van der Waals surface area contributed by atoms with Crippen molar-refractivity contribution in [3.8, 4) is 11.1 Å². The van der Waals surface area contributed by atoms with Crippen molar-refractivity contribution in [2.24, 2.45) is 0 Å². The molecule has 0 bridgehead atoms. The van der Waals surface area contributed by atoms with Crippen molar-refractivity contribution in [3.63, 3.8) is 0 Å². The first kappa shape index (κ1) is 18.4. The number of aryl methyl sites for hydroxylation is 2. The van der Waals surface area contributed by atoms with Crippen LogP contribution in [0.5, 0.6) is 0 Å². The summed E-state index contributed by atoms with van der Waals surface area (Å²) in [5.41, 5.74) is 5.71. The number of imidazole rings is 1. The molecule has 6 nitrogen and oxygen atoms in total. The van der Waals surface area contributed by atoms with Gasteiger partial charge in [0, 0.05) is 31.7 Å². The van der Waals surface area contributed by atoms with Gasteiger partial charge in [0.15, 0.2) is 0 Å². The molecule has 0 unspecified atom stereocenters. The molecule has 1 aliphatic rings. The summed E-state index contributed by atoms with van der Waals surface area (Å²) in [6.07, 6.45) is 5.38. The lowest BCUT2D eigenvalue weighted by atomic mass is 9.98. The molecule has 0 atom stereocenters. The molecule has 3 heterocycles. The lowest BCUT2D eigenvalue weighted by Crippen LogP contribution is -2.34. The first-order chi connectivity index (χ1) is 14.6. The molecular weight excluding hydrogens is 376 g/mol. The van der Waals surface area contributed by atoms with Crippen LogP contribution in [0.3, 0.4) is 0 Å². The molecule has 4 aromatic rings. The first-order valence-corrected chi connectivity index (χ1v) is 10.1. The lowest BCUT2D eigenvalue weighted by Gasteiger charge is -2.17. The minimum absolute atomic E-state index is 0.00691. The van der Waals surface area contributed by atoms with Gasteiger partial charge in [-0.2, -0.15) is 0 Å². The highest BCUT2D eigenvalue weighted by Crippen LogP contribution is 2.30. The molecule has 0 spiro atoms. The number of benzene rings is 2. The first-order valence-electron chi connectivity index (χ1n) is 10.1. The molecule has 2 aromatic carbocycles. The molecule has 1 aliphatic heterocycles. The normalized spacial score (nSPS) is 12.8. The van der Waals surface area contributed by atoms with Crippen LogP contribution in [0.15, 0.2) is 71.8 Å². The van der Waals surface area contributed by atoms with Crippen LogP contribution in [0.4, 0.5) is 5.69 Å². The van der Waals surface area contributed by atoms with Crippen LogP contribution in [0.1, 0.15) is 12.0 Å². The molecule has 0 N–H and O–H groups in total. The van der Waals surface area contributed by atoms with Crippen molar-refractivity contribution in [1.29, 1.82) is 0 Å². The predicted molar refractivity (Wildman–Crippen MR) is 118 cm³/mol. The standard InChI is InChI=1S/C24H22N4O2/c1-26(20-7-3-2-4-8-20)22(29)16-28-21-15-19(17-9-11-25-12-10-17)14-18-6-5-13-27(23(18)21)24(28)30/h2-4,7-12,14-15H,5-6,13,16H2,1H3. The fourth-order valence-corrected chi connectivity index (χ4v) is 4.27. The molecule has 0 fully saturated rings. The Morgan fingerprint density at radius 1 is 1.07 bits per heavy atom. The highest BCUT2D eigenvalue weighted by molar-refractivity contribution is 5.94. The van der Waals surface area contributed by atoms with Gasteiger partial charge in [-0.25, -0.2) is 4.79 Å². The largest absolute Gasteiger partial charge is 0.329 e. The van der Waals surface area contributed by atoms with Crippen molar-refractivity contribution < 1.29 is 4.79 Å². The van der Waals surface area contributed by atoms with Crippen LogP contribution < -0.4 is 10.6 Å². The SMILES string of the molecule is CN(C(=O)Cn1c(=O)n2c3c(cc(-c4ccncc4)cc31)CCC2)c1ccccc1. The summed E-state index contributed by atoms with van der Waals surface area (Å²) in [6.45, 7) is 0.694. The van der Waals surface area contributed by atoms with Gasteiger partial charge >= 0.3 is 5.69 Å². The summed E-state index contributed by atoms with van der Waals surface area (Å²) < 4.78 is 3.44. The van der Waals surface area contributed by atoms with E-state index < -0.39 is 0 Å². The number of aromatic nitrogens is 3. The third kappa shape index (κ3) is 3.01. The molecule has 0 aliphatic carbocycles. The fourth-order valence-electron chi connectivity index (χ4n) is 4.27. The second-order valence-corrected chi connectivity index (χ2v) is 7.65. The van der Waals surface area contributed by atoms with E-state index in [1.165, 1.54) is 0 Å². The number of hydrogen-bond donors (Lipinski definition) is 0. The Labute approximate surface area is 174 Å². The van der Waals surface area contributed by atoms with E-state index in [9.17, 15) is 9.59 Å². The Morgan fingerprint density at radius 2 is 1.83 bits per heavy atom. The third-order valence-corrected chi connectivity index (χ3v) is 5.84. The minimum Gasteiger partial charge on any atom is -0.314 e. The Kier molecular flexibility index (Phi) is 4.47. The van der Waals surface area contributed by atoms with Gasteiger partial charge in [0.05, 0.1) is 11.0 Å². The Hall–Kier alpha value is -3.67. The van der Waals surface area contributed by atoms with Crippen molar-refractivity contribution in [2.75, 3.05) is 11.9 Å². The van der Waals surface area contributed by atoms with Gasteiger partial charge < -0.3 is 4.90 Å². The van der Waals surface area contributed by atoms with Crippen molar-refractivity contribution in [1.82, 2.24) is 14.1 Å². The number of rotatable bonds is 4. The maximum Gasteiger partial charge on any atom is 0.329 e. The molecule has 0 saturated carbocycles. The molecule has 6 heteroatoms. The number of likely N-dealkylation sites (N-methyl/N-ethyl adjacent to an activating group) is 1. The summed E-state index contributed by atoms with van der Waals surface area (Å²) in [4.78, 5) is 31.9. The Bertz CT molecular complexity index is 1290. The van der Waals surface area contributed by atoms with Gasteiger partial charge in [0.1, 0.15) is 6.54 Å². The van der Waals surface area contributed by atoms with Crippen LogP contribution in [0, 0.1) is 0 Å². The third-order valence-electron chi connectivity index (χ3n) is 5.84. The predicted octanol–water partition coefficient (Wildman–Crippen LogP) is 3.47. The molecule has 150 valence electrons. The minimum atomic E-state index is -0.127. The zero-order valence-corrected chi connectivity index (χ0v) is 16.8. The summed E-state index contributed by atoms with van der Waals surface area (Å²) in [6, 6.07) is 17.6. The maximum atomic E-state index is 13.2. The van der Waals surface area contributed by atoms with Gasteiger partial charge in [-0.3, -0.25) is 18.9 Å². The zero-order valence-electron chi connectivity index (χ0n) is 16.8. The molecule has 5 rings (SSSR count). The molecule has 0 saturated heterocycles. The number of amides is 1. The van der Waals surface area contributed by atoms with Gasteiger partial charge in [-0.1, -0.05) is 18.2 Å². The topological polar surface area (TPSA) is 60.1 Å². The van der Waals surface area contributed by atoms with Crippen molar-refractivity contribution in [2.45, 2.75) is 25.9 Å². The van der Waals surface area contributed by atoms with Gasteiger partial charge in [-0.15, -0.1) is 0 Å². The van der Waals surface area contributed by atoms with E-state index in [1.54, 1.807) is 28.9 Å². The number of hydrogen-bond acceptors (Lipinski definition) is 3. The molecule has 1 amide bonds. The maximum absolute atomic E-state index is 13.2. The zero-order chi connectivity index (χ0) is 20.7. The number of pyridine rings is 1. The molecule has 2 aromatic heterocycles. The van der Waals surface area contributed by atoms with Crippen LogP contribution in [-0.2, 0) is 24.3 Å². The average molecular weight is 398 g/mol. The van der Waals surface area contributed by atoms with Gasteiger partial charge in [0.25, 0.3) is 0 Å². The quantitative estimate of drug-likeness (QED) is 0.529. The molecular formula is C24H22N4O2. The number of carbonyl (C=O) groups excluding carboxylic acids is 1. The van der Waals surface area contributed by atoms with E-state index in [4.69, 9.17) is 0 Å². The van der Waals surface area contributed by atoms with E-state index in [-0.39, 0.29) is 18.1 Å². The van der Waals surface area contributed by atoms with Crippen molar-refractivity contribution in [3.05, 3.63) is 83.0 Å². The van der Waals surface area contributed by atoms with Crippen LogP contribution in [0.2, 0.25) is 0 Å². The number of anilines is 1. The van der Waals surface area contributed by atoms with Crippen LogP contribution in [0.25, 0.3) is 22.2 Å². The highest BCUT2D eigenvalue weighted by Gasteiger charge is 2.23. The summed E-state index contributed by atoms with van der Waals surface area (Å²) >= 11 is 0. The highest BCUT2D eigenvalue weighted by atomic mass is 16.2. The second kappa shape index (κ2) is 7.30. The number of para-hydroxylation sites is 1. The Balaban J connectivity index is 1.62. The average Bonchev–Trinajstić information content (AvgIpc) is 3.07. The van der Waals surface area contributed by atoms with Crippen LogP contribution >= 0.6 is 0 Å². The Morgan fingerprint density at radius 3 is 2.60 bits per heavy atom. The van der Waals surface area contributed by atoms with Gasteiger partial charge in [-0.05, 0) is 65.9 Å². The lowest BCUT2D eigenvalue weighted by molar-refractivity contribution is -0.118. The van der Waals surface area contributed by atoms with E-state index in [0.717, 1.165) is 46.3 Å². The fraction of sp³-hybridized carbons (Fsp3) is 0.208. The smallest absolute Gasteiger partial charge is 0.314 e. The number of nitrogens with zero attached hydrogens (tertiary/aromatic N) is 4. The molecule has 0 radical (unpaired) electrons.